The van der Waals surface area contributed by atoms with Gasteiger partial charge in [-0.25, -0.2) is 0 Å². The number of para-hydroxylation sites is 1. The van der Waals surface area contributed by atoms with Crippen LogP contribution in [0.1, 0.15) is 34.9 Å². The molecule has 2 heterocycles. The molecule has 0 bridgehead atoms. The molecule has 142 valence electrons. The molecule has 3 aromatic rings. The van der Waals surface area contributed by atoms with E-state index in [1.807, 2.05) is 42.5 Å². The van der Waals surface area contributed by atoms with Gasteiger partial charge in [0.2, 0.25) is 0 Å². The molecule has 0 atom stereocenters. The molecule has 4 rings (SSSR count). The van der Waals surface area contributed by atoms with Crippen LogP contribution in [0.2, 0.25) is 0 Å². The lowest BCUT2D eigenvalue weighted by atomic mass is 9.97. The second-order valence-corrected chi connectivity index (χ2v) is 7.97. The number of likely N-dealkylation sites (tertiary alicyclic amines) is 1. The summed E-state index contributed by atoms with van der Waals surface area (Å²) in [4.78, 5) is 2.43. The molecule has 0 N–H and O–H groups in total. The third-order valence-electron chi connectivity index (χ3n) is 5.25. The summed E-state index contributed by atoms with van der Waals surface area (Å²) in [5, 5.41) is 20.2. The molecule has 0 aliphatic carbocycles. The number of methoxy groups -OCH3 is 1. The van der Waals surface area contributed by atoms with Gasteiger partial charge in [-0.3, -0.25) is 4.90 Å². The number of aromatic nitrogens is 2. The maximum atomic E-state index is 9.28. The Labute approximate surface area is 169 Å². The van der Waals surface area contributed by atoms with E-state index in [-0.39, 0.29) is 0 Å². The van der Waals surface area contributed by atoms with Gasteiger partial charge in [-0.05, 0) is 49.7 Å². The number of hydrogen-bond acceptors (Lipinski definition) is 6. The van der Waals surface area contributed by atoms with E-state index in [0.29, 0.717) is 5.92 Å². The van der Waals surface area contributed by atoms with Gasteiger partial charge in [-0.1, -0.05) is 41.7 Å². The number of piperidine rings is 1. The van der Waals surface area contributed by atoms with E-state index in [1.54, 1.807) is 18.4 Å². The van der Waals surface area contributed by atoms with Crippen molar-refractivity contribution in [1.29, 1.82) is 5.26 Å². The van der Waals surface area contributed by atoms with Gasteiger partial charge in [0.1, 0.15) is 10.8 Å². The zero-order valence-electron chi connectivity index (χ0n) is 15.8. The molecule has 0 spiro atoms. The summed E-state index contributed by atoms with van der Waals surface area (Å²) >= 11 is 1.67. The van der Waals surface area contributed by atoms with Gasteiger partial charge < -0.3 is 4.74 Å². The van der Waals surface area contributed by atoms with Crippen molar-refractivity contribution in [3.8, 4) is 22.4 Å². The average Bonchev–Trinajstić information content (AvgIpc) is 3.25. The van der Waals surface area contributed by atoms with Crippen molar-refractivity contribution >= 4 is 11.3 Å². The van der Waals surface area contributed by atoms with Gasteiger partial charge in [0.05, 0.1) is 24.3 Å². The first-order valence-electron chi connectivity index (χ1n) is 9.45. The number of rotatable bonds is 5. The quantitative estimate of drug-likeness (QED) is 0.643. The number of nitriles is 1. The highest BCUT2D eigenvalue weighted by Gasteiger charge is 2.24. The van der Waals surface area contributed by atoms with Crippen molar-refractivity contribution in [3.05, 3.63) is 64.7 Å². The van der Waals surface area contributed by atoms with Gasteiger partial charge in [-0.15, -0.1) is 10.2 Å². The molecule has 0 unspecified atom stereocenters. The van der Waals surface area contributed by atoms with E-state index in [4.69, 9.17) is 4.74 Å². The van der Waals surface area contributed by atoms with Gasteiger partial charge >= 0.3 is 0 Å². The molecule has 1 saturated heterocycles. The molecule has 0 amide bonds. The second kappa shape index (κ2) is 8.51. The SMILES string of the molecule is COc1ccccc1-c1nnc(C2CCN(Cc3ccccc3C#N)CC2)s1. The Morgan fingerprint density at radius 1 is 1.11 bits per heavy atom. The first kappa shape index (κ1) is 18.6. The third kappa shape index (κ3) is 3.91. The summed E-state index contributed by atoms with van der Waals surface area (Å²) in [6, 6.07) is 18.1. The van der Waals surface area contributed by atoms with Crippen LogP contribution in [0, 0.1) is 11.3 Å². The van der Waals surface area contributed by atoms with Crippen molar-refractivity contribution in [2.75, 3.05) is 20.2 Å². The van der Waals surface area contributed by atoms with E-state index in [1.165, 1.54) is 0 Å². The van der Waals surface area contributed by atoms with Crippen LogP contribution in [0.25, 0.3) is 10.6 Å². The molecule has 0 radical (unpaired) electrons. The van der Waals surface area contributed by atoms with Crippen molar-refractivity contribution in [2.45, 2.75) is 25.3 Å². The Bertz CT molecular complexity index is 986. The zero-order chi connectivity index (χ0) is 19.3. The molecule has 2 aromatic carbocycles. The summed E-state index contributed by atoms with van der Waals surface area (Å²) in [7, 11) is 1.68. The lowest BCUT2D eigenvalue weighted by Gasteiger charge is -2.31. The second-order valence-electron chi connectivity index (χ2n) is 6.97. The molecule has 6 heteroatoms. The van der Waals surface area contributed by atoms with Crippen molar-refractivity contribution in [3.63, 3.8) is 0 Å². The van der Waals surface area contributed by atoms with Crippen molar-refractivity contribution < 1.29 is 4.74 Å². The Balaban J connectivity index is 1.41. The molecule has 1 aliphatic rings. The summed E-state index contributed by atoms with van der Waals surface area (Å²) in [5.41, 5.74) is 2.88. The lowest BCUT2D eigenvalue weighted by molar-refractivity contribution is 0.204. The molecule has 1 aliphatic heterocycles. The first-order valence-corrected chi connectivity index (χ1v) is 10.3. The Kier molecular flexibility index (Phi) is 5.65. The summed E-state index contributed by atoms with van der Waals surface area (Å²) in [5.74, 6) is 1.28. The summed E-state index contributed by atoms with van der Waals surface area (Å²) in [6.45, 7) is 2.85. The lowest BCUT2D eigenvalue weighted by Crippen LogP contribution is -2.32. The maximum absolute atomic E-state index is 9.28. The molecule has 0 saturated carbocycles. The van der Waals surface area contributed by atoms with Crippen LogP contribution in [0.3, 0.4) is 0 Å². The Hall–Kier alpha value is -2.75. The average molecular weight is 391 g/mol. The predicted octanol–water partition coefficient (Wildman–Crippen LogP) is 4.46. The zero-order valence-corrected chi connectivity index (χ0v) is 16.7. The minimum absolute atomic E-state index is 0.448. The first-order chi connectivity index (χ1) is 13.8. The monoisotopic (exact) mass is 390 g/mol. The highest BCUT2D eigenvalue weighted by molar-refractivity contribution is 7.14. The molecule has 5 nitrogen and oxygen atoms in total. The van der Waals surface area contributed by atoms with Gasteiger partial charge in [-0.2, -0.15) is 5.26 Å². The largest absolute Gasteiger partial charge is 0.496 e. The van der Waals surface area contributed by atoms with Crippen LogP contribution in [0.4, 0.5) is 0 Å². The number of hydrogen-bond donors (Lipinski definition) is 0. The van der Waals surface area contributed by atoms with E-state index in [0.717, 1.165) is 64.9 Å². The van der Waals surface area contributed by atoms with Crippen LogP contribution in [-0.4, -0.2) is 35.3 Å². The highest BCUT2D eigenvalue weighted by Crippen LogP contribution is 2.36. The molecular formula is C22H22N4OS. The maximum Gasteiger partial charge on any atom is 0.151 e. The number of benzene rings is 2. The normalized spacial score (nSPS) is 15.3. The van der Waals surface area contributed by atoms with Crippen molar-refractivity contribution in [1.82, 2.24) is 15.1 Å². The van der Waals surface area contributed by atoms with Crippen LogP contribution in [0.15, 0.2) is 48.5 Å². The number of nitrogens with zero attached hydrogens (tertiary/aromatic N) is 4. The molecular weight excluding hydrogens is 368 g/mol. The van der Waals surface area contributed by atoms with Gasteiger partial charge in [0.25, 0.3) is 0 Å². The van der Waals surface area contributed by atoms with Crippen LogP contribution in [-0.2, 0) is 6.54 Å². The van der Waals surface area contributed by atoms with Gasteiger partial charge in [0.15, 0.2) is 5.01 Å². The minimum Gasteiger partial charge on any atom is -0.496 e. The smallest absolute Gasteiger partial charge is 0.151 e. The third-order valence-corrected chi connectivity index (χ3v) is 6.37. The van der Waals surface area contributed by atoms with E-state index in [9.17, 15) is 5.26 Å². The fourth-order valence-electron chi connectivity index (χ4n) is 3.68. The van der Waals surface area contributed by atoms with Crippen molar-refractivity contribution in [2.24, 2.45) is 0 Å². The summed E-state index contributed by atoms with van der Waals surface area (Å²) < 4.78 is 5.45. The molecule has 28 heavy (non-hydrogen) atoms. The van der Waals surface area contributed by atoms with E-state index < -0.39 is 0 Å². The number of ether oxygens (including phenoxy) is 1. The predicted molar refractivity (Wildman–Crippen MR) is 110 cm³/mol. The minimum atomic E-state index is 0.448. The fraction of sp³-hybridized carbons (Fsp3) is 0.318. The van der Waals surface area contributed by atoms with Gasteiger partial charge in [0, 0.05) is 12.5 Å². The molecule has 1 fully saturated rings. The standard InChI is InChI=1S/C22H22N4OS/c1-27-20-9-5-4-8-19(20)22-25-24-21(28-22)16-10-12-26(13-11-16)15-18-7-3-2-6-17(18)14-23/h2-9,16H,10-13,15H2,1H3. The fourth-order valence-corrected chi connectivity index (χ4v) is 4.72. The van der Waals surface area contributed by atoms with Crippen LogP contribution < -0.4 is 4.74 Å². The Morgan fingerprint density at radius 2 is 1.86 bits per heavy atom. The topological polar surface area (TPSA) is 62.0 Å². The molecule has 1 aromatic heterocycles. The summed E-state index contributed by atoms with van der Waals surface area (Å²) in [6.07, 6.45) is 2.13. The van der Waals surface area contributed by atoms with E-state index in [2.05, 4.69) is 27.2 Å². The van der Waals surface area contributed by atoms with E-state index >= 15 is 0 Å². The van der Waals surface area contributed by atoms with Crippen LogP contribution in [0.5, 0.6) is 5.75 Å². The highest BCUT2D eigenvalue weighted by atomic mass is 32.1. The van der Waals surface area contributed by atoms with Crippen LogP contribution >= 0.6 is 11.3 Å². The Morgan fingerprint density at radius 3 is 2.64 bits per heavy atom.